The predicted molar refractivity (Wildman–Crippen MR) is 72.0 cm³/mol. The zero-order valence-electron chi connectivity index (χ0n) is 9.47. The van der Waals surface area contributed by atoms with Crippen LogP contribution in [0.15, 0.2) is 6.07 Å². The summed E-state index contributed by atoms with van der Waals surface area (Å²) in [6, 6.07) is 1.67. The SMILES string of the molecule is CC(C)(C)c1c(Cl)cc(CN)c(O)c1Cl.Cl. The van der Waals surface area contributed by atoms with E-state index in [-0.39, 0.29) is 30.1 Å². The van der Waals surface area contributed by atoms with Gasteiger partial charge in [-0.1, -0.05) is 44.0 Å². The van der Waals surface area contributed by atoms with Crippen molar-refractivity contribution in [2.75, 3.05) is 0 Å². The average Bonchev–Trinajstić information content (AvgIpc) is 2.09. The minimum absolute atomic E-state index is 0. The van der Waals surface area contributed by atoms with Gasteiger partial charge in [-0.2, -0.15) is 0 Å². The molecule has 0 fully saturated rings. The van der Waals surface area contributed by atoms with E-state index in [4.69, 9.17) is 28.9 Å². The number of rotatable bonds is 1. The van der Waals surface area contributed by atoms with Crippen LogP contribution >= 0.6 is 35.6 Å². The molecule has 1 aromatic rings. The number of aromatic hydroxyl groups is 1. The van der Waals surface area contributed by atoms with E-state index < -0.39 is 0 Å². The molecule has 0 aliphatic carbocycles. The fourth-order valence-corrected chi connectivity index (χ4v) is 2.57. The summed E-state index contributed by atoms with van der Waals surface area (Å²) >= 11 is 12.2. The predicted octanol–water partition coefficient (Wildman–Crippen LogP) is 3.88. The molecule has 0 atom stereocenters. The van der Waals surface area contributed by atoms with Crippen molar-refractivity contribution in [2.24, 2.45) is 5.73 Å². The molecule has 0 aliphatic rings. The first-order valence-corrected chi connectivity index (χ1v) is 5.45. The van der Waals surface area contributed by atoms with E-state index in [9.17, 15) is 5.11 Å². The Labute approximate surface area is 112 Å². The summed E-state index contributed by atoms with van der Waals surface area (Å²) in [7, 11) is 0. The van der Waals surface area contributed by atoms with Gasteiger partial charge >= 0.3 is 0 Å². The van der Waals surface area contributed by atoms with Crippen molar-refractivity contribution < 1.29 is 5.11 Å². The Hall–Kier alpha value is -0.150. The zero-order chi connectivity index (χ0) is 11.8. The van der Waals surface area contributed by atoms with Gasteiger partial charge in [-0.15, -0.1) is 12.4 Å². The Morgan fingerprint density at radius 3 is 2.19 bits per heavy atom. The van der Waals surface area contributed by atoms with Gasteiger partial charge in [-0.25, -0.2) is 0 Å². The van der Waals surface area contributed by atoms with Crippen LogP contribution in [0.4, 0.5) is 0 Å². The fourth-order valence-electron chi connectivity index (χ4n) is 1.50. The van der Waals surface area contributed by atoms with E-state index in [1.165, 1.54) is 0 Å². The van der Waals surface area contributed by atoms with Crippen molar-refractivity contribution in [1.29, 1.82) is 0 Å². The maximum absolute atomic E-state index is 9.80. The molecule has 0 amide bonds. The summed E-state index contributed by atoms with van der Waals surface area (Å²) in [5.41, 5.74) is 6.58. The first kappa shape index (κ1) is 15.9. The maximum Gasteiger partial charge on any atom is 0.139 e. The third-order valence-corrected chi connectivity index (χ3v) is 2.91. The summed E-state index contributed by atoms with van der Waals surface area (Å²) in [6.07, 6.45) is 0. The number of hydrogen-bond acceptors (Lipinski definition) is 2. The topological polar surface area (TPSA) is 46.2 Å². The highest BCUT2D eigenvalue weighted by molar-refractivity contribution is 6.37. The van der Waals surface area contributed by atoms with Gasteiger partial charge in [0.25, 0.3) is 0 Å². The number of halogens is 3. The normalized spacial score (nSPS) is 11.1. The van der Waals surface area contributed by atoms with Crippen LogP contribution in [0.25, 0.3) is 0 Å². The Morgan fingerprint density at radius 1 is 1.31 bits per heavy atom. The molecule has 0 saturated carbocycles. The molecule has 0 bridgehead atoms. The summed E-state index contributed by atoms with van der Waals surface area (Å²) < 4.78 is 0. The van der Waals surface area contributed by atoms with E-state index >= 15 is 0 Å². The van der Waals surface area contributed by atoms with Crippen molar-refractivity contribution in [2.45, 2.75) is 32.7 Å². The lowest BCUT2D eigenvalue weighted by atomic mass is 9.86. The molecule has 0 saturated heterocycles. The van der Waals surface area contributed by atoms with Crippen molar-refractivity contribution in [3.05, 3.63) is 27.2 Å². The molecule has 0 unspecified atom stereocenters. The zero-order valence-corrected chi connectivity index (χ0v) is 11.8. The van der Waals surface area contributed by atoms with Crippen LogP contribution in [-0.2, 0) is 12.0 Å². The average molecular weight is 285 g/mol. The summed E-state index contributed by atoms with van der Waals surface area (Å²) in [6.45, 7) is 6.18. The van der Waals surface area contributed by atoms with Gasteiger partial charge in [0.15, 0.2) is 0 Å². The highest BCUT2D eigenvalue weighted by Crippen LogP contribution is 2.42. The second-order valence-electron chi connectivity index (χ2n) is 4.51. The molecule has 0 radical (unpaired) electrons. The van der Waals surface area contributed by atoms with Gasteiger partial charge in [-0.3, -0.25) is 0 Å². The molecule has 1 aromatic carbocycles. The number of nitrogens with two attached hydrogens (primary N) is 1. The molecule has 2 nitrogen and oxygen atoms in total. The maximum atomic E-state index is 9.80. The van der Waals surface area contributed by atoms with Crippen molar-refractivity contribution in [3.63, 3.8) is 0 Å². The van der Waals surface area contributed by atoms with Crippen LogP contribution in [0.5, 0.6) is 5.75 Å². The second-order valence-corrected chi connectivity index (χ2v) is 5.29. The minimum atomic E-state index is -0.210. The summed E-state index contributed by atoms with van der Waals surface area (Å²) in [4.78, 5) is 0. The highest BCUT2D eigenvalue weighted by Gasteiger charge is 2.24. The van der Waals surface area contributed by atoms with Gasteiger partial charge in [0, 0.05) is 17.1 Å². The molecule has 1 rings (SSSR count). The van der Waals surface area contributed by atoms with Gasteiger partial charge in [0.05, 0.1) is 5.02 Å². The van der Waals surface area contributed by atoms with Crippen LogP contribution in [0.3, 0.4) is 0 Å². The lowest BCUT2D eigenvalue weighted by Crippen LogP contribution is -2.13. The van der Waals surface area contributed by atoms with E-state index in [1.807, 2.05) is 20.8 Å². The quantitative estimate of drug-likeness (QED) is 0.822. The lowest BCUT2D eigenvalue weighted by Gasteiger charge is -2.23. The third kappa shape index (κ3) is 2.95. The first-order valence-electron chi connectivity index (χ1n) is 4.69. The number of phenols is 1. The van der Waals surface area contributed by atoms with Crippen molar-refractivity contribution in [1.82, 2.24) is 0 Å². The molecule has 5 heteroatoms. The Balaban J connectivity index is 0.00000225. The summed E-state index contributed by atoms with van der Waals surface area (Å²) in [5.74, 6) is 0.0356. The number of benzene rings is 1. The molecule has 0 aliphatic heterocycles. The number of hydrogen-bond donors (Lipinski definition) is 2. The first-order chi connectivity index (χ1) is 6.79. The van der Waals surface area contributed by atoms with Gasteiger partial charge < -0.3 is 10.8 Å². The Kier molecular flexibility index (Phi) is 5.40. The molecular formula is C11H16Cl3NO. The largest absolute Gasteiger partial charge is 0.506 e. The van der Waals surface area contributed by atoms with Gasteiger partial charge in [0.1, 0.15) is 5.75 Å². The smallest absolute Gasteiger partial charge is 0.139 e. The molecule has 92 valence electrons. The molecule has 0 heterocycles. The molecular weight excluding hydrogens is 268 g/mol. The van der Waals surface area contributed by atoms with E-state index in [2.05, 4.69) is 0 Å². The van der Waals surface area contributed by atoms with E-state index in [0.29, 0.717) is 15.6 Å². The molecule has 3 N–H and O–H groups in total. The molecule has 16 heavy (non-hydrogen) atoms. The van der Waals surface area contributed by atoms with Gasteiger partial charge in [-0.05, 0) is 17.0 Å². The van der Waals surface area contributed by atoms with Gasteiger partial charge in [0.2, 0.25) is 0 Å². The second kappa shape index (κ2) is 5.46. The van der Waals surface area contributed by atoms with Crippen LogP contribution in [0.2, 0.25) is 10.0 Å². The third-order valence-electron chi connectivity index (χ3n) is 2.24. The standard InChI is InChI=1S/C11H15Cl2NO.ClH/c1-11(2,3)8-7(12)4-6(5-14)10(15)9(8)13;/h4,15H,5,14H2,1-3H3;1H. The van der Waals surface area contributed by atoms with E-state index in [0.717, 1.165) is 5.56 Å². The fraction of sp³-hybridized carbons (Fsp3) is 0.455. The van der Waals surface area contributed by atoms with Crippen LogP contribution in [-0.4, -0.2) is 5.11 Å². The van der Waals surface area contributed by atoms with E-state index in [1.54, 1.807) is 6.07 Å². The van der Waals surface area contributed by atoms with Crippen molar-refractivity contribution in [3.8, 4) is 5.75 Å². The lowest BCUT2D eigenvalue weighted by molar-refractivity contribution is 0.464. The minimum Gasteiger partial charge on any atom is -0.506 e. The monoisotopic (exact) mass is 283 g/mol. The Morgan fingerprint density at radius 2 is 1.81 bits per heavy atom. The molecule has 0 spiro atoms. The number of phenolic OH excluding ortho intramolecular Hbond substituents is 1. The van der Waals surface area contributed by atoms with Crippen LogP contribution < -0.4 is 5.73 Å². The highest BCUT2D eigenvalue weighted by atomic mass is 35.5. The molecule has 0 aromatic heterocycles. The van der Waals surface area contributed by atoms with Crippen LogP contribution in [0.1, 0.15) is 31.9 Å². The van der Waals surface area contributed by atoms with Crippen molar-refractivity contribution >= 4 is 35.6 Å². The Bertz CT molecular complexity index is 386. The van der Waals surface area contributed by atoms with Crippen LogP contribution in [0, 0.1) is 0 Å². The summed E-state index contributed by atoms with van der Waals surface area (Å²) in [5, 5.41) is 10.6.